The summed E-state index contributed by atoms with van der Waals surface area (Å²) in [5.74, 6) is 1.86. The van der Waals surface area contributed by atoms with Crippen LogP contribution in [0.2, 0.25) is 0 Å². The van der Waals surface area contributed by atoms with Gasteiger partial charge in [0.25, 0.3) is 0 Å². The Hall–Kier alpha value is -2.81. The van der Waals surface area contributed by atoms with Crippen molar-refractivity contribution in [2.75, 3.05) is 14.2 Å². The Bertz CT molecular complexity index is 606. The van der Waals surface area contributed by atoms with Crippen LogP contribution in [0, 0.1) is 11.3 Å². The number of methoxy groups -OCH3 is 2. The number of nitriles is 1. The van der Waals surface area contributed by atoms with E-state index in [9.17, 15) is 0 Å². The molecule has 2 aromatic rings. The normalized spacial score (nSPS) is 9.53. The Morgan fingerprint density at radius 3 is 2.47 bits per heavy atom. The van der Waals surface area contributed by atoms with Crippen molar-refractivity contribution in [2.24, 2.45) is 0 Å². The number of rotatable bonds is 4. The van der Waals surface area contributed by atoms with E-state index in [1.54, 1.807) is 12.1 Å². The van der Waals surface area contributed by atoms with Crippen molar-refractivity contribution in [2.45, 2.75) is 0 Å². The third-order valence-corrected chi connectivity index (χ3v) is 2.31. The standard InChI is InChI=1S/C13H11N3O3/c1-17-11-5-9(6-14)15-8-12(11)19-10-3-4-13(18-2)16-7-10/h3-5,7-8H,1-2H3. The van der Waals surface area contributed by atoms with Gasteiger partial charge >= 0.3 is 0 Å². The average molecular weight is 257 g/mol. The third-order valence-electron chi connectivity index (χ3n) is 2.31. The summed E-state index contributed by atoms with van der Waals surface area (Å²) >= 11 is 0. The minimum Gasteiger partial charge on any atom is -0.493 e. The zero-order chi connectivity index (χ0) is 13.7. The second-order valence-corrected chi connectivity index (χ2v) is 3.47. The van der Waals surface area contributed by atoms with Crippen molar-refractivity contribution in [3.05, 3.63) is 36.3 Å². The van der Waals surface area contributed by atoms with Crippen molar-refractivity contribution in [3.8, 4) is 29.2 Å². The zero-order valence-corrected chi connectivity index (χ0v) is 10.5. The van der Waals surface area contributed by atoms with Gasteiger partial charge in [-0.05, 0) is 6.07 Å². The maximum atomic E-state index is 8.76. The van der Waals surface area contributed by atoms with E-state index in [0.717, 1.165) is 0 Å². The summed E-state index contributed by atoms with van der Waals surface area (Å²) in [5, 5.41) is 8.76. The molecule has 0 fully saturated rings. The summed E-state index contributed by atoms with van der Waals surface area (Å²) in [6.45, 7) is 0. The van der Waals surface area contributed by atoms with Gasteiger partial charge in [-0.15, -0.1) is 0 Å². The number of hydrogen-bond acceptors (Lipinski definition) is 6. The topological polar surface area (TPSA) is 77.3 Å². The summed E-state index contributed by atoms with van der Waals surface area (Å²) in [4.78, 5) is 7.95. The Balaban J connectivity index is 2.24. The van der Waals surface area contributed by atoms with Gasteiger partial charge in [-0.1, -0.05) is 0 Å². The SMILES string of the molecule is COc1ccc(Oc2cnc(C#N)cc2OC)cn1. The van der Waals surface area contributed by atoms with Crippen molar-refractivity contribution in [1.82, 2.24) is 9.97 Å². The first-order valence-electron chi connectivity index (χ1n) is 5.39. The molecule has 0 N–H and O–H groups in total. The number of aromatic nitrogens is 2. The van der Waals surface area contributed by atoms with Crippen LogP contribution in [0.5, 0.6) is 23.1 Å². The lowest BCUT2D eigenvalue weighted by Crippen LogP contribution is -1.94. The Kier molecular flexibility index (Phi) is 3.78. The Morgan fingerprint density at radius 1 is 1.05 bits per heavy atom. The smallest absolute Gasteiger partial charge is 0.213 e. The second kappa shape index (κ2) is 5.69. The summed E-state index contributed by atoms with van der Waals surface area (Å²) in [6.07, 6.45) is 2.96. The van der Waals surface area contributed by atoms with Crippen LogP contribution in [-0.2, 0) is 0 Å². The van der Waals surface area contributed by atoms with E-state index in [1.165, 1.54) is 32.7 Å². The zero-order valence-electron chi connectivity index (χ0n) is 10.5. The van der Waals surface area contributed by atoms with E-state index in [1.807, 2.05) is 6.07 Å². The van der Waals surface area contributed by atoms with E-state index >= 15 is 0 Å². The predicted octanol–water partition coefficient (Wildman–Crippen LogP) is 2.16. The second-order valence-electron chi connectivity index (χ2n) is 3.47. The molecule has 6 heteroatoms. The molecule has 0 aliphatic heterocycles. The lowest BCUT2D eigenvalue weighted by atomic mass is 10.3. The Labute approximate surface area is 110 Å². The van der Waals surface area contributed by atoms with Crippen LogP contribution in [-0.4, -0.2) is 24.2 Å². The van der Waals surface area contributed by atoms with Gasteiger partial charge in [0, 0.05) is 12.1 Å². The maximum absolute atomic E-state index is 8.76. The van der Waals surface area contributed by atoms with Gasteiger partial charge in [0.05, 0.1) is 26.6 Å². The van der Waals surface area contributed by atoms with Gasteiger partial charge in [-0.25, -0.2) is 9.97 Å². The first-order valence-corrected chi connectivity index (χ1v) is 5.39. The van der Waals surface area contributed by atoms with E-state index in [-0.39, 0.29) is 5.69 Å². The predicted molar refractivity (Wildman–Crippen MR) is 66.4 cm³/mol. The van der Waals surface area contributed by atoms with E-state index in [4.69, 9.17) is 19.5 Å². The summed E-state index contributed by atoms with van der Waals surface area (Å²) < 4.78 is 15.7. The van der Waals surface area contributed by atoms with Crippen LogP contribution >= 0.6 is 0 Å². The molecule has 0 amide bonds. The molecule has 0 spiro atoms. The van der Waals surface area contributed by atoms with E-state index in [2.05, 4.69) is 9.97 Å². The monoisotopic (exact) mass is 257 g/mol. The molecule has 0 bridgehead atoms. The number of nitrogens with zero attached hydrogens (tertiary/aromatic N) is 3. The fourth-order valence-corrected chi connectivity index (χ4v) is 1.40. The van der Waals surface area contributed by atoms with Crippen LogP contribution in [0.1, 0.15) is 5.69 Å². The lowest BCUT2D eigenvalue weighted by molar-refractivity contribution is 0.374. The summed E-state index contributed by atoms with van der Waals surface area (Å²) in [7, 11) is 3.03. The summed E-state index contributed by atoms with van der Waals surface area (Å²) in [6, 6.07) is 6.83. The highest BCUT2D eigenvalue weighted by molar-refractivity contribution is 5.44. The van der Waals surface area contributed by atoms with Crippen LogP contribution in [0.4, 0.5) is 0 Å². The molecule has 2 aromatic heterocycles. The highest BCUT2D eigenvalue weighted by atomic mass is 16.5. The molecule has 0 saturated heterocycles. The van der Waals surface area contributed by atoms with Crippen LogP contribution in [0.15, 0.2) is 30.6 Å². The van der Waals surface area contributed by atoms with Gasteiger partial charge < -0.3 is 14.2 Å². The fourth-order valence-electron chi connectivity index (χ4n) is 1.40. The highest BCUT2D eigenvalue weighted by Gasteiger charge is 2.08. The molecule has 96 valence electrons. The molecule has 0 saturated carbocycles. The quantitative estimate of drug-likeness (QED) is 0.835. The molecule has 6 nitrogen and oxygen atoms in total. The van der Waals surface area contributed by atoms with Gasteiger partial charge in [-0.3, -0.25) is 0 Å². The van der Waals surface area contributed by atoms with E-state index in [0.29, 0.717) is 23.1 Å². The minimum absolute atomic E-state index is 0.261. The van der Waals surface area contributed by atoms with Crippen LogP contribution < -0.4 is 14.2 Å². The third kappa shape index (κ3) is 2.90. The largest absolute Gasteiger partial charge is 0.493 e. The van der Waals surface area contributed by atoms with Gasteiger partial charge in [0.15, 0.2) is 11.5 Å². The fraction of sp³-hybridized carbons (Fsp3) is 0.154. The van der Waals surface area contributed by atoms with Crippen molar-refractivity contribution >= 4 is 0 Å². The number of hydrogen-bond donors (Lipinski definition) is 0. The van der Waals surface area contributed by atoms with Gasteiger partial charge in [0.2, 0.25) is 5.88 Å². The van der Waals surface area contributed by atoms with E-state index < -0.39 is 0 Å². The molecule has 19 heavy (non-hydrogen) atoms. The minimum atomic E-state index is 0.261. The molecule has 0 aliphatic carbocycles. The van der Waals surface area contributed by atoms with Gasteiger partial charge in [-0.2, -0.15) is 5.26 Å². The molecule has 0 unspecified atom stereocenters. The molecule has 2 heterocycles. The number of ether oxygens (including phenoxy) is 3. The summed E-state index contributed by atoms with van der Waals surface area (Å²) in [5.41, 5.74) is 0.261. The maximum Gasteiger partial charge on any atom is 0.213 e. The van der Waals surface area contributed by atoms with Crippen LogP contribution in [0.25, 0.3) is 0 Å². The average Bonchev–Trinajstić information content (AvgIpc) is 2.48. The van der Waals surface area contributed by atoms with Crippen molar-refractivity contribution in [1.29, 1.82) is 5.26 Å². The molecule has 0 aliphatic rings. The first-order chi connectivity index (χ1) is 9.26. The van der Waals surface area contributed by atoms with Gasteiger partial charge in [0.1, 0.15) is 17.5 Å². The molecular weight excluding hydrogens is 246 g/mol. The van der Waals surface area contributed by atoms with Crippen molar-refractivity contribution < 1.29 is 14.2 Å². The highest BCUT2D eigenvalue weighted by Crippen LogP contribution is 2.31. The molecule has 0 atom stereocenters. The lowest BCUT2D eigenvalue weighted by Gasteiger charge is -2.09. The van der Waals surface area contributed by atoms with Crippen LogP contribution in [0.3, 0.4) is 0 Å². The molecule has 0 radical (unpaired) electrons. The number of pyridine rings is 2. The van der Waals surface area contributed by atoms with Crippen molar-refractivity contribution in [3.63, 3.8) is 0 Å². The molecular formula is C13H11N3O3. The molecule has 2 rings (SSSR count). The first kappa shape index (κ1) is 12.6. The molecule has 0 aromatic carbocycles. The Morgan fingerprint density at radius 2 is 1.89 bits per heavy atom.